The lowest BCUT2D eigenvalue weighted by molar-refractivity contribution is 0.0409. The molecule has 1 heteroatoms. The molecule has 0 heterocycles. The number of hydrogen-bond donors (Lipinski definition) is 0. The summed E-state index contributed by atoms with van der Waals surface area (Å²) in [6, 6.07) is 6.85. The van der Waals surface area contributed by atoms with Crippen LogP contribution in [0.4, 0.5) is 0 Å². The number of benzene rings is 1. The summed E-state index contributed by atoms with van der Waals surface area (Å²) in [4.78, 5) is 0. The van der Waals surface area contributed by atoms with Gasteiger partial charge in [0.05, 0.1) is 6.61 Å². The van der Waals surface area contributed by atoms with Crippen LogP contribution in [0.25, 0.3) is 0 Å². The molecule has 0 saturated heterocycles. The molecule has 1 nitrogen and oxygen atoms in total. The van der Waals surface area contributed by atoms with Crippen molar-refractivity contribution in [2.45, 2.75) is 130 Å². The Morgan fingerprint density at radius 1 is 0.935 bits per heavy atom. The third-order valence-electron chi connectivity index (χ3n) is 8.97. The van der Waals surface area contributed by atoms with E-state index in [0.29, 0.717) is 11.3 Å². The molecule has 0 aliphatic heterocycles. The second-order valence-corrected chi connectivity index (χ2v) is 11.0. The number of hydrogen-bond acceptors (Lipinski definition) is 1. The Labute approximate surface area is 193 Å². The van der Waals surface area contributed by atoms with Gasteiger partial charge in [0.25, 0.3) is 0 Å². The molecule has 176 valence electrons. The summed E-state index contributed by atoms with van der Waals surface area (Å²) in [7, 11) is 0. The number of rotatable bonds is 11. The molecule has 2 aliphatic rings. The molecule has 2 fully saturated rings. The van der Waals surface area contributed by atoms with Crippen LogP contribution < -0.4 is 4.74 Å². The zero-order chi connectivity index (χ0) is 22.1. The average Bonchev–Trinajstić information content (AvgIpc) is 2.80. The molecular formula is C30H50O. The normalized spacial score (nSPS) is 24.6. The van der Waals surface area contributed by atoms with E-state index in [2.05, 4.69) is 45.9 Å². The van der Waals surface area contributed by atoms with Crippen LogP contribution in [0.1, 0.15) is 134 Å². The molecule has 0 N–H and O–H groups in total. The highest BCUT2D eigenvalue weighted by Crippen LogP contribution is 2.53. The lowest BCUT2D eigenvalue weighted by Crippen LogP contribution is -2.36. The highest BCUT2D eigenvalue weighted by molar-refractivity contribution is 5.37. The van der Waals surface area contributed by atoms with Crippen LogP contribution in [0.2, 0.25) is 0 Å². The van der Waals surface area contributed by atoms with Gasteiger partial charge in [0.1, 0.15) is 5.75 Å². The van der Waals surface area contributed by atoms with Crippen molar-refractivity contribution in [3.8, 4) is 5.75 Å². The van der Waals surface area contributed by atoms with E-state index >= 15 is 0 Å². The zero-order valence-electron chi connectivity index (χ0n) is 21.2. The van der Waals surface area contributed by atoms with Crippen LogP contribution in [0.3, 0.4) is 0 Å². The minimum absolute atomic E-state index is 0.674. The molecular weight excluding hydrogens is 376 g/mol. The topological polar surface area (TPSA) is 9.23 Å². The summed E-state index contributed by atoms with van der Waals surface area (Å²) < 4.78 is 5.94. The Balaban J connectivity index is 1.58. The molecule has 0 spiro atoms. The Bertz CT molecular complexity index is 634. The maximum absolute atomic E-state index is 5.94. The van der Waals surface area contributed by atoms with Crippen molar-refractivity contribution in [2.75, 3.05) is 6.61 Å². The Hall–Kier alpha value is -0.980. The molecule has 1 aromatic carbocycles. The lowest BCUT2D eigenvalue weighted by Gasteiger charge is -2.47. The molecule has 1 unspecified atom stereocenters. The number of unbranched alkanes of at least 4 members (excludes halogenated alkanes) is 3. The van der Waals surface area contributed by atoms with E-state index in [4.69, 9.17) is 4.74 Å². The van der Waals surface area contributed by atoms with Crippen LogP contribution in [0.5, 0.6) is 5.75 Å². The second kappa shape index (κ2) is 12.3. The first-order valence-electron chi connectivity index (χ1n) is 13.8. The predicted octanol–water partition coefficient (Wildman–Crippen LogP) is 9.61. The van der Waals surface area contributed by atoms with Crippen molar-refractivity contribution < 1.29 is 4.74 Å². The lowest BCUT2D eigenvalue weighted by atomic mass is 9.58. The molecule has 0 aromatic heterocycles. The quantitative estimate of drug-likeness (QED) is 0.320. The van der Waals surface area contributed by atoms with E-state index in [1.807, 2.05) is 0 Å². The van der Waals surface area contributed by atoms with E-state index in [-0.39, 0.29) is 0 Å². The highest BCUT2D eigenvalue weighted by Gasteiger charge is 2.41. The Morgan fingerprint density at radius 2 is 1.65 bits per heavy atom. The van der Waals surface area contributed by atoms with Gasteiger partial charge in [-0.3, -0.25) is 0 Å². The largest absolute Gasteiger partial charge is 0.494 e. The minimum atomic E-state index is 0.674. The molecule has 1 aromatic rings. The van der Waals surface area contributed by atoms with Gasteiger partial charge in [-0.1, -0.05) is 71.8 Å². The van der Waals surface area contributed by atoms with Gasteiger partial charge in [-0.05, 0) is 105 Å². The Morgan fingerprint density at radius 3 is 2.29 bits per heavy atom. The van der Waals surface area contributed by atoms with Crippen LogP contribution in [-0.2, 0) is 0 Å². The van der Waals surface area contributed by atoms with E-state index in [0.717, 1.165) is 30.6 Å². The predicted molar refractivity (Wildman–Crippen MR) is 135 cm³/mol. The van der Waals surface area contributed by atoms with E-state index < -0.39 is 0 Å². The maximum atomic E-state index is 5.94. The summed E-state index contributed by atoms with van der Waals surface area (Å²) in [6.45, 7) is 10.2. The minimum Gasteiger partial charge on any atom is -0.494 e. The molecule has 31 heavy (non-hydrogen) atoms. The molecule has 1 atom stereocenters. The van der Waals surface area contributed by atoms with Gasteiger partial charge in [-0.15, -0.1) is 0 Å². The fraction of sp³-hybridized carbons (Fsp3) is 0.800. The van der Waals surface area contributed by atoms with E-state index in [1.54, 1.807) is 5.56 Å². The Kier molecular flexibility index (Phi) is 9.79. The standard InChI is InChI=1S/C30H50O/c1-5-7-10-19-30(20-11-9-12-21-30)27-15-13-26(14-16-27)25(4)29-18-17-28(23-24(29)3)31-22-8-6-2/h17-18,23,25-27H,5-16,19-22H2,1-4H3. The fourth-order valence-electron chi connectivity index (χ4n) is 6.91. The summed E-state index contributed by atoms with van der Waals surface area (Å²) in [5.74, 6) is 3.59. The highest BCUT2D eigenvalue weighted by atomic mass is 16.5. The van der Waals surface area contributed by atoms with Gasteiger partial charge in [0.15, 0.2) is 0 Å². The van der Waals surface area contributed by atoms with E-state index in [9.17, 15) is 0 Å². The van der Waals surface area contributed by atoms with Gasteiger partial charge in [0, 0.05) is 0 Å². The summed E-state index contributed by atoms with van der Waals surface area (Å²) in [5, 5.41) is 0. The van der Waals surface area contributed by atoms with E-state index in [1.165, 1.54) is 95.5 Å². The molecule has 2 saturated carbocycles. The first-order valence-corrected chi connectivity index (χ1v) is 13.8. The number of ether oxygens (including phenoxy) is 1. The number of aryl methyl sites for hydroxylation is 1. The third-order valence-corrected chi connectivity index (χ3v) is 8.97. The fourth-order valence-corrected chi connectivity index (χ4v) is 6.91. The summed E-state index contributed by atoms with van der Waals surface area (Å²) >= 11 is 0. The second-order valence-electron chi connectivity index (χ2n) is 11.0. The molecule has 0 radical (unpaired) electrons. The van der Waals surface area contributed by atoms with Crippen molar-refractivity contribution in [2.24, 2.45) is 17.3 Å². The van der Waals surface area contributed by atoms with Crippen LogP contribution in [0.15, 0.2) is 18.2 Å². The summed E-state index contributed by atoms with van der Waals surface area (Å²) in [6.07, 6.45) is 21.5. The maximum Gasteiger partial charge on any atom is 0.119 e. The SMILES string of the molecule is CCCCCC1(C2CCC(C(C)c3ccc(OCCCC)cc3C)CC2)CCCCC1. The monoisotopic (exact) mass is 426 g/mol. The van der Waals surface area contributed by atoms with Crippen molar-refractivity contribution in [3.05, 3.63) is 29.3 Å². The van der Waals surface area contributed by atoms with Crippen LogP contribution in [-0.4, -0.2) is 6.61 Å². The van der Waals surface area contributed by atoms with Gasteiger partial charge in [0.2, 0.25) is 0 Å². The van der Waals surface area contributed by atoms with Gasteiger partial charge >= 0.3 is 0 Å². The average molecular weight is 427 g/mol. The van der Waals surface area contributed by atoms with Crippen LogP contribution >= 0.6 is 0 Å². The van der Waals surface area contributed by atoms with Crippen molar-refractivity contribution in [1.29, 1.82) is 0 Å². The van der Waals surface area contributed by atoms with Crippen LogP contribution in [0, 0.1) is 24.2 Å². The van der Waals surface area contributed by atoms with Gasteiger partial charge in [-0.25, -0.2) is 0 Å². The first kappa shape index (κ1) is 24.7. The molecule has 0 bridgehead atoms. The van der Waals surface area contributed by atoms with Gasteiger partial charge < -0.3 is 4.74 Å². The molecule has 2 aliphatic carbocycles. The smallest absolute Gasteiger partial charge is 0.119 e. The van der Waals surface area contributed by atoms with Gasteiger partial charge in [-0.2, -0.15) is 0 Å². The molecule has 0 amide bonds. The summed E-state index contributed by atoms with van der Waals surface area (Å²) in [5.41, 5.74) is 3.68. The first-order chi connectivity index (χ1) is 15.1. The van der Waals surface area contributed by atoms with Crippen molar-refractivity contribution >= 4 is 0 Å². The molecule has 3 rings (SSSR count). The third kappa shape index (κ3) is 6.52. The van der Waals surface area contributed by atoms with Crippen molar-refractivity contribution in [1.82, 2.24) is 0 Å². The van der Waals surface area contributed by atoms with Crippen molar-refractivity contribution in [3.63, 3.8) is 0 Å². The zero-order valence-corrected chi connectivity index (χ0v) is 21.2.